The van der Waals surface area contributed by atoms with Crippen molar-refractivity contribution in [2.45, 2.75) is 13.5 Å². The van der Waals surface area contributed by atoms with Crippen molar-refractivity contribution < 1.29 is 0 Å². The zero-order valence-corrected chi connectivity index (χ0v) is 9.09. The Morgan fingerprint density at radius 3 is 1.30 bits per heavy atom. The molecule has 0 nitrogen and oxygen atoms in total. The quantitative estimate of drug-likeness (QED) is 0.628. The molecule has 10 heavy (non-hydrogen) atoms. The largest absolute Gasteiger partial charge is 0.209 e. The molecule has 0 heterocycles. The van der Waals surface area contributed by atoms with E-state index in [-0.39, 0.29) is 0 Å². The Balaban J connectivity index is 4.23. The van der Waals surface area contributed by atoms with Crippen LogP contribution in [0.4, 0.5) is 0 Å². The molecule has 1 radical (unpaired) electrons. The van der Waals surface area contributed by atoms with E-state index < -0.39 is 13.5 Å². The van der Waals surface area contributed by atoms with Gasteiger partial charge in [0.05, 0.1) is 0 Å². The molecule has 0 saturated carbocycles. The second kappa shape index (κ2) is 3.64. The molecule has 0 aliphatic carbocycles. The minimum absolute atomic E-state index is 1.05. The predicted molar refractivity (Wildman–Crippen MR) is 49.7 cm³/mol. The van der Waals surface area contributed by atoms with Gasteiger partial charge in [0.2, 0.25) is 3.79 Å². The van der Waals surface area contributed by atoms with Gasteiger partial charge in [-0.1, -0.05) is 58.0 Å². The molecule has 0 spiro atoms. The molecule has 1 unspecified atom stereocenters. The first-order valence-electron chi connectivity index (χ1n) is 2.09. The second-order valence-electron chi connectivity index (χ2n) is 1.67. The van der Waals surface area contributed by atoms with E-state index in [1.807, 2.05) is 0 Å². The van der Waals surface area contributed by atoms with Crippen LogP contribution in [0.5, 0.6) is 0 Å². The number of rotatable bonds is 1. The fourth-order valence-electron chi connectivity index (χ4n) is 0.239. The summed E-state index contributed by atoms with van der Waals surface area (Å²) in [7, 11) is 0. The second-order valence-corrected chi connectivity index (χ2v) is 6.01. The van der Waals surface area contributed by atoms with Crippen LogP contribution in [0.15, 0.2) is 0 Å². The average molecular weight is 264 g/mol. The smallest absolute Gasteiger partial charge is 0.115 e. The van der Waals surface area contributed by atoms with Crippen molar-refractivity contribution in [2.24, 2.45) is 0 Å². The summed E-state index contributed by atoms with van der Waals surface area (Å²) in [5.74, 6) is 0. The van der Waals surface area contributed by atoms with E-state index in [2.05, 4.69) is 6.92 Å². The summed E-state index contributed by atoms with van der Waals surface area (Å²) in [6, 6.07) is 0. The number of hydrogen-bond acceptors (Lipinski definition) is 0. The molecule has 0 N–H and O–H groups in total. The Bertz CT molecular complexity index is 93.9. The molecule has 0 aliphatic heterocycles. The van der Waals surface area contributed by atoms with E-state index in [1.165, 1.54) is 0 Å². The Kier molecular flexibility index (Phi) is 4.27. The molecule has 0 aliphatic rings. The molecule has 61 valence electrons. The maximum atomic E-state index is 5.51. The normalized spacial score (nSPS) is 17.1. The highest BCUT2D eigenvalue weighted by molar-refractivity contribution is 6.72. The zero-order chi connectivity index (χ0) is 8.58. The average Bonchev–Trinajstić information content (AvgIpc) is 1.59. The molecule has 6 heteroatoms. The maximum Gasteiger partial charge on any atom is 0.209 e. The molecule has 0 saturated heterocycles. The predicted octanol–water partition coefficient (Wildman–Crippen LogP) is 3.97. The van der Waals surface area contributed by atoms with E-state index >= 15 is 0 Å². The van der Waals surface area contributed by atoms with Crippen molar-refractivity contribution >= 4 is 69.6 Å². The minimum Gasteiger partial charge on any atom is -0.115 e. The van der Waals surface area contributed by atoms with Crippen molar-refractivity contribution in [3.8, 4) is 0 Å². The van der Waals surface area contributed by atoms with E-state index in [0.29, 0.717) is 0 Å². The van der Waals surface area contributed by atoms with Gasteiger partial charge in [-0.05, 0) is 6.92 Å². The molecule has 0 aromatic rings. The van der Waals surface area contributed by atoms with Gasteiger partial charge in [-0.3, -0.25) is 0 Å². The standard InChI is InChI=1S/C4H3Cl6/c1-3(6,7)2(5)4(8,9)10/h2H,1H2. The van der Waals surface area contributed by atoms with Crippen LogP contribution < -0.4 is 0 Å². The van der Waals surface area contributed by atoms with Crippen molar-refractivity contribution in [1.82, 2.24) is 0 Å². The first-order chi connectivity index (χ1) is 4.15. The monoisotopic (exact) mass is 261 g/mol. The van der Waals surface area contributed by atoms with E-state index in [0.717, 1.165) is 0 Å². The van der Waals surface area contributed by atoms with Crippen molar-refractivity contribution in [3.05, 3.63) is 6.92 Å². The van der Waals surface area contributed by atoms with Gasteiger partial charge in [-0.25, -0.2) is 0 Å². The highest BCUT2D eigenvalue weighted by Gasteiger charge is 2.43. The lowest BCUT2D eigenvalue weighted by atomic mass is 10.3. The van der Waals surface area contributed by atoms with Gasteiger partial charge in [-0.15, -0.1) is 11.6 Å². The van der Waals surface area contributed by atoms with Crippen LogP contribution in [0.1, 0.15) is 0 Å². The summed E-state index contributed by atoms with van der Waals surface area (Å²) < 4.78 is -3.19. The van der Waals surface area contributed by atoms with Gasteiger partial charge in [0.15, 0.2) is 0 Å². The summed E-state index contributed by atoms with van der Waals surface area (Å²) >= 11 is 32.5. The third kappa shape index (κ3) is 3.94. The van der Waals surface area contributed by atoms with Crippen molar-refractivity contribution in [2.75, 3.05) is 0 Å². The fraction of sp³-hybridized carbons (Fsp3) is 0.750. The SMILES string of the molecule is [CH2]C(Cl)(Cl)C(Cl)C(Cl)(Cl)Cl. The first-order valence-corrected chi connectivity index (χ1v) is 4.42. The Morgan fingerprint density at radius 2 is 1.30 bits per heavy atom. The van der Waals surface area contributed by atoms with E-state index in [9.17, 15) is 0 Å². The molecule has 0 fully saturated rings. The van der Waals surface area contributed by atoms with Gasteiger partial charge in [0, 0.05) is 0 Å². The van der Waals surface area contributed by atoms with Crippen LogP contribution in [-0.2, 0) is 0 Å². The fourth-order valence-corrected chi connectivity index (χ4v) is 1.46. The summed E-state index contributed by atoms with van der Waals surface area (Å²) in [4.78, 5) is 0. The van der Waals surface area contributed by atoms with E-state index in [4.69, 9.17) is 69.6 Å². The van der Waals surface area contributed by atoms with Crippen LogP contribution in [-0.4, -0.2) is 13.5 Å². The van der Waals surface area contributed by atoms with Gasteiger partial charge in [0.25, 0.3) is 0 Å². The zero-order valence-electron chi connectivity index (χ0n) is 4.55. The Morgan fingerprint density at radius 1 is 1.00 bits per heavy atom. The topological polar surface area (TPSA) is 0 Å². The van der Waals surface area contributed by atoms with Crippen LogP contribution in [0.25, 0.3) is 0 Å². The number of hydrogen-bond donors (Lipinski definition) is 0. The lowest BCUT2D eigenvalue weighted by Gasteiger charge is -2.25. The first kappa shape index (κ1) is 11.7. The summed E-state index contributed by atoms with van der Waals surface area (Å²) in [5.41, 5.74) is 0. The summed E-state index contributed by atoms with van der Waals surface area (Å²) in [6.07, 6.45) is 0. The van der Waals surface area contributed by atoms with Gasteiger partial charge < -0.3 is 0 Å². The molecule has 0 bridgehead atoms. The molecule has 0 rings (SSSR count). The van der Waals surface area contributed by atoms with Crippen LogP contribution in [0, 0.1) is 6.92 Å². The lowest BCUT2D eigenvalue weighted by Crippen LogP contribution is -2.34. The summed E-state index contributed by atoms with van der Waals surface area (Å²) in [6.45, 7) is 3.28. The van der Waals surface area contributed by atoms with Gasteiger partial charge in [-0.2, -0.15) is 0 Å². The molecule has 0 amide bonds. The van der Waals surface area contributed by atoms with Gasteiger partial charge in [0.1, 0.15) is 9.71 Å². The third-order valence-corrected chi connectivity index (χ3v) is 3.01. The minimum atomic E-state index is -1.70. The molecular weight excluding hydrogens is 261 g/mol. The van der Waals surface area contributed by atoms with Crippen molar-refractivity contribution in [1.29, 1.82) is 0 Å². The molecule has 0 aromatic carbocycles. The molecular formula is C4H3Cl6. The van der Waals surface area contributed by atoms with Crippen LogP contribution in [0.3, 0.4) is 0 Å². The highest BCUT2D eigenvalue weighted by Crippen LogP contribution is 2.43. The number of alkyl halides is 6. The van der Waals surface area contributed by atoms with Crippen LogP contribution >= 0.6 is 69.6 Å². The molecule has 0 aromatic heterocycles. The van der Waals surface area contributed by atoms with E-state index in [1.54, 1.807) is 0 Å². The van der Waals surface area contributed by atoms with Gasteiger partial charge >= 0.3 is 0 Å². The molecule has 1 atom stereocenters. The third-order valence-electron chi connectivity index (χ3n) is 0.658. The Labute approximate surface area is 89.7 Å². The van der Waals surface area contributed by atoms with Crippen molar-refractivity contribution in [3.63, 3.8) is 0 Å². The van der Waals surface area contributed by atoms with Crippen LogP contribution in [0.2, 0.25) is 0 Å². The lowest BCUT2D eigenvalue weighted by molar-refractivity contribution is 0.837. The number of halogens is 6. The highest BCUT2D eigenvalue weighted by atomic mass is 35.6. The maximum absolute atomic E-state index is 5.51. The summed E-state index contributed by atoms with van der Waals surface area (Å²) in [5, 5.41) is -1.05. The Hall–Kier alpha value is 1.74.